The molecule has 3 atom stereocenters. The van der Waals surface area contributed by atoms with E-state index in [1.807, 2.05) is 6.92 Å². The Kier molecular flexibility index (Phi) is 4.75. The molecule has 0 radical (unpaired) electrons. The Morgan fingerprint density at radius 1 is 1.37 bits per heavy atom. The normalized spacial score (nSPS) is 28.5. The lowest BCUT2D eigenvalue weighted by atomic mass is 9.78. The molecule has 1 aliphatic carbocycles. The van der Waals surface area contributed by atoms with Gasteiger partial charge in [0.25, 0.3) is 0 Å². The van der Waals surface area contributed by atoms with Crippen LogP contribution in [0.4, 0.5) is 0 Å². The van der Waals surface area contributed by atoms with Crippen LogP contribution in [0.3, 0.4) is 0 Å². The van der Waals surface area contributed by atoms with Gasteiger partial charge in [-0.05, 0) is 47.2 Å². The lowest BCUT2D eigenvalue weighted by Crippen LogP contribution is -2.43. The number of hydrogen-bond donors (Lipinski definition) is 1. The minimum absolute atomic E-state index is 0.0619. The first-order chi connectivity index (χ1) is 8.81. The van der Waals surface area contributed by atoms with Gasteiger partial charge in [0.1, 0.15) is 0 Å². The molecule has 0 bridgehead atoms. The summed E-state index contributed by atoms with van der Waals surface area (Å²) in [7, 11) is -3.40. The maximum atomic E-state index is 12.5. The molecule has 3 nitrogen and oxygen atoms in total. The molecule has 1 aliphatic rings. The molecular formula is C13H20BrNO2S2. The van der Waals surface area contributed by atoms with Gasteiger partial charge in [-0.25, -0.2) is 13.1 Å². The monoisotopic (exact) mass is 365 g/mol. The molecule has 0 aliphatic heterocycles. The first-order valence-corrected chi connectivity index (χ1v) is 9.69. The number of aryl methyl sites for hydroxylation is 1. The molecule has 0 saturated heterocycles. The van der Waals surface area contributed by atoms with Gasteiger partial charge in [-0.1, -0.05) is 26.7 Å². The Bertz CT molecular complexity index is 553. The molecule has 6 heteroatoms. The van der Waals surface area contributed by atoms with E-state index in [9.17, 15) is 8.42 Å². The lowest BCUT2D eigenvalue weighted by molar-refractivity contribution is 0.227. The molecule has 2 rings (SSSR count). The topological polar surface area (TPSA) is 46.2 Å². The van der Waals surface area contributed by atoms with Crippen molar-refractivity contribution in [3.63, 3.8) is 0 Å². The standard InChI is InChI=1S/C13H20BrNO2S2/c1-8-5-4-6-11(9(8)2)15-19(16,17)12-7-13(14)18-10(12)3/h7-9,11,15H,4-6H2,1-3H3. The van der Waals surface area contributed by atoms with Crippen molar-refractivity contribution >= 4 is 37.3 Å². The van der Waals surface area contributed by atoms with Gasteiger partial charge in [0.2, 0.25) is 10.0 Å². The average molecular weight is 366 g/mol. The maximum Gasteiger partial charge on any atom is 0.241 e. The van der Waals surface area contributed by atoms with Crippen LogP contribution in [0.25, 0.3) is 0 Å². The van der Waals surface area contributed by atoms with Gasteiger partial charge in [0, 0.05) is 10.9 Å². The fraction of sp³-hybridized carbons (Fsp3) is 0.692. The predicted molar refractivity (Wildman–Crippen MR) is 83.0 cm³/mol. The van der Waals surface area contributed by atoms with E-state index < -0.39 is 10.0 Å². The summed E-state index contributed by atoms with van der Waals surface area (Å²) < 4.78 is 28.7. The number of hydrogen-bond acceptors (Lipinski definition) is 3. The fourth-order valence-corrected chi connectivity index (χ4v) is 6.48. The summed E-state index contributed by atoms with van der Waals surface area (Å²) in [6, 6.07) is 1.76. The minimum atomic E-state index is -3.40. The Balaban J connectivity index is 2.20. The van der Waals surface area contributed by atoms with Crippen LogP contribution in [0.15, 0.2) is 14.7 Å². The van der Waals surface area contributed by atoms with Crippen LogP contribution in [-0.4, -0.2) is 14.5 Å². The number of thiophene rings is 1. The van der Waals surface area contributed by atoms with Crippen LogP contribution in [0.2, 0.25) is 0 Å². The smallest absolute Gasteiger partial charge is 0.208 e. The first-order valence-electron chi connectivity index (χ1n) is 6.59. The summed E-state index contributed by atoms with van der Waals surface area (Å²) in [5.74, 6) is 0.975. The van der Waals surface area contributed by atoms with Crippen LogP contribution >= 0.6 is 27.3 Å². The highest BCUT2D eigenvalue weighted by molar-refractivity contribution is 9.11. The molecule has 108 valence electrons. The zero-order chi connectivity index (χ0) is 14.2. The second-order valence-corrected chi connectivity index (χ2v) is 9.78. The summed E-state index contributed by atoms with van der Waals surface area (Å²) >= 11 is 4.81. The van der Waals surface area contributed by atoms with Crippen LogP contribution in [0.1, 0.15) is 38.0 Å². The Morgan fingerprint density at radius 3 is 2.63 bits per heavy atom. The van der Waals surface area contributed by atoms with Crippen LogP contribution in [0, 0.1) is 18.8 Å². The summed E-state index contributed by atoms with van der Waals surface area (Å²) in [6.07, 6.45) is 3.24. The minimum Gasteiger partial charge on any atom is -0.208 e. The molecule has 1 N–H and O–H groups in total. The predicted octanol–water partition coefficient (Wildman–Crippen LogP) is 3.92. The molecule has 0 amide bonds. The summed E-state index contributed by atoms with van der Waals surface area (Å²) in [4.78, 5) is 1.24. The van der Waals surface area contributed by atoms with Crippen molar-refractivity contribution in [1.82, 2.24) is 4.72 Å². The highest BCUT2D eigenvalue weighted by Gasteiger charge is 2.31. The van der Waals surface area contributed by atoms with Gasteiger partial charge in [0.15, 0.2) is 0 Å². The van der Waals surface area contributed by atoms with Gasteiger partial charge in [-0.2, -0.15) is 0 Å². The van der Waals surface area contributed by atoms with Crippen LogP contribution in [0.5, 0.6) is 0 Å². The molecule has 1 heterocycles. The van der Waals surface area contributed by atoms with Crippen molar-refractivity contribution in [1.29, 1.82) is 0 Å². The average Bonchev–Trinajstić information content (AvgIpc) is 2.65. The van der Waals surface area contributed by atoms with Crippen molar-refractivity contribution in [3.8, 4) is 0 Å². The molecule has 1 fully saturated rings. The highest BCUT2D eigenvalue weighted by Crippen LogP contribution is 2.33. The SMILES string of the molecule is Cc1sc(Br)cc1S(=O)(=O)NC1CCCC(C)C1C. The van der Waals surface area contributed by atoms with E-state index in [2.05, 4.69) is 34.5 Å². The van der Waals surface area contributed by atoms with Gasteiger partial charge in [0.05, 0.1) is 8.68 Å². The number of sulfonamides is 1. The molecule has 1 aromatic rings. The third kappa shape index (κ3) is 3.40. The van der Waals surface area contributed by atoms with Crippen LogP contribution < -0.4 is 4.72 Å². The highest BCUT2D eigenvalue weighted by atomic mass is 79.9. The second kappa shape index (κ2) is 5.84. The number of rotatable bonds is 3. The van der Waals surface area contributed by atoms with Crippen molar-refractivity contribution in [2.45, 2.75) is 51.0 Å². The molecule has 0 spiro atoms. The van der Waals surface area contributed by atoms with E-state index in [1.54, 1.807) is 6.07 Å². The number of halogens is 1. The van der Waals surface area contributed by atoms with E-state index in [0.29, 0.717) is 16.7 Å². The molecule has 1 aromatic heterocycles. The first kappa shape index (κ1) is 15.5. The number of nitrogens with one attached hydrogen (secondary N) is 1. The maximum absolute atomic E-state index is 12.5. The summed E-state index contributed by atoms with van der Waals surface area (Å²) in [5, 5.41) is 0. The molecule has 0 aromatic carbocycles. The Hall–Kier alpha value is 0.0900. The lowest BCUT2D eigenvalue weighted by Gasteiger charge is -2.34. The quantitative estimate of drug-likeness (QED) is 0.881. The molecule has 19 heavy (non-hydrogen) atoms. The van der Waals surface area contributed by atoms with E-state index in [-0.39, 0.29) is 6.04 Å². The van der Waals surface area contributed by atoms with Gasteiger partial charge in [-0.15, -0.1) is 11.3 Å². The molecular weight excluding hydrogens is 346 g/mol. The largest absolute Gasteiger partial charge is 0.241 e. The summed E-state index contributed by atoms with van der Waals surface area (Å²) in [6.45, 7) is 6.20. The van der Waals surface area contributed by atoms with Crippen LogP contribution in [-0.2, 0) is 10.0 Å². The Morgan fingerprint density at radius 2 is 2.05 bits per heavy atom. The van der Waals surface area contributed by atoms with Gasteiger partial charge >= 0.3 is 0 Å². The molecule has 1 saturated carbocycles. The third-order valence-electron chi connectivity index (χ3n) is 4.15. The fourth-order valence-electron chi connectivity index (χ4n) is 2.71. The Labute approximate surface area is 128 Å². The van der Waals surface area contributed by atoms with Crippen molar-refractivity contribution in [3.05, 3.63) is 14.7 Å². The zero-order valence-corrected chi connectivity index (χ0v) is 14.7. The van der Waals surface area contributed by atoms with E-state index in [1.165, 1.54) is 17.8 Å². The van der Waals surface area contributed by atoms with Gasteiger partial charge in [-0.3, -0.25) is 0 Å². The third-order valence-corrected chi connectivity index (χ3v) is 7.44. The van der Waals surface area contributed by atoms with Crippen molar-refractivity contribution in [2.75, 3.05) is 0 Å². The zero-order valence-electron chi connectivity index (χ0n) is 11.4. The van der Waals surface area contributed by atoms with Crippen molar-refractivity contribution in [2.24, 2.45) is 11.8 Å². The van der Waals surface area contributed by atoms with E-state index in [4.69, 9.17) is 0 Å². The van der Waals surface area contributed by atoms with Gasteiger partial charge < -0.3 is 0 Å². The summed E-state index contributed by atoms with van der Waals surface area (Å²) in [5.41, 5.74) is 0. The van der Waals surface area contributed by atoms with E-state index in [0.717, 1.165) is 21.5 Å². The van der Waals surface area contributed by atoms with Crippen molar-refractivity contribution < 1.29 is 8.42 Å². The van der Waals surface area contributed by atoms with E-state index >= 15 is 0 Å². The second-order valence-electron chi connectivity index (χ2n) is 5.47. The molecule has 3 unspecified atom stereocenters.